The summed E-state index contributed by atoms with van der Waals surface area (Å²) in [4.78, 5) is 0. The Kier molecular flexibility index (Phi) is 5.89. The van der Waals surface area contributed by atoms with Crippen LogP contribution in [0.1, 0.15) is 51.7 Å². The van der Waals surface area contributed by atoms with Crippen LogP contribution in [0.15, 0.2) is 18.2 Å². The van der Waals surface area contributed by atoms with Crippen LogP contribution in [0.5, 0.6) is 0 Å². The van der Waals surface area contributed by atoms with Crippen molar-refractivity contribution in [3.05, 3.63) is 29.3 Å². The van der Waals surface area contributed by atoms with E-state index in [2.05, 4.69) is 39.1 Å². The molecule has 1 aromatic rings. The lowest BCUT2D eigenvalue weighted by atomic mass is 9.95. The Morgan fingerprint density at radius 3 is 2.16 bits per heavy atom. The van der Waals surface area contributed by atoms with E-state index in [-0.39, 0.29) is 0 Å². The van der Waals surface area contributed by atoms with Gasteiger partial charge in [-0.2, -0.15) is 5.26 Å². The zero-order valence-electron chi connectivity index (χ0n) is 12.8. The highest BCUT2D eigenvalue weighted by atomic mass is 14.9. The molecule has 1 aromatic carbocycles. The van der Waals surface area contributed by atoms with Gasteiger partial charge in [-0.05, 0) is 43.2 Å². The van der Waals surface area contributed by atoms with Crippen LogP contribution in [0, 0.1) is 30.1 Å². The molecule has 0 aliphatic rings. The van der Waals surface area contributed by atoms with Crippen molar-refractivity contribution < 1.29 is 0 Å². The molecular formula is C17H26N2. The van der Waals surface area contributed by atoms with E-state index in [1.165, 1.54) is 0 Å². The molecule has 0 aliphatic heterocycles. The van der Waals surface area contributed by atoms with E-state index in [0.717, 1.165) is 29.7 Å². The molecule has 0 bridgehead atoms. The maximum Gasteiger partial charge on any atom is 0.102 e. The maximum absolute atomic E-state index is 9.29. The number of anilines is 1. The molecule has 1 N–H and O–H groups in total. The number of rotatable bonds is 6. The van der Waals surface area contributed by atoms with Crippen molar-refractivity contribution in [3.8, 4) is 6.07 Å². The van der Waals surface area contributed by atoms with Gasteiger partial charge in [0.2, 0.25) is 0 Å². The molecular weight excluding hydrogens is 232 g/mol. The molecule has 0 atom stereocenters. The van der Waals surface area contributed by atoms with Crippen molar-refractivity contribution >= 4 is 5.69 Å². The van der Waals surface area contributed by atoms with Gasteiger partial charge in [0.05, 0.1) is 11.3 Å². The van der Waals surface area contributed by atoms with Crippen LogP contribution in [0.4, 0.5) is 5.69 Å². The monoisotopic (exact) mass is 258 g/mol. The Bertz CT molecular complexity index is 431. The summed E-state index contributed by atoms with van der Waals surface area (Å²) in [5, 5.41) is 12.9. The molecule has 0 spiro atoms. The Labute approximate surface area is 117 Å². The first-order valence-electron chi connectivity index (χ1n) is 7.20. The van der Waals surface area contributed by atoms with Crippen LogP contribution in [0.25, 0.3) is 0 Å². The van der Waals surface area contributed by atoms with Crippen LogP contribution < -0.4 is 5.32 Å². The molecule has 1 rings (SSSR count). The van der Waals surface area contributed by atoms with Crippen LogP contribution in [0.2, 0.25) is 0 Å². The van der Waals surface area contributed by atoms with E-state index < -0.39 is 0 Å². The van der Waals surface area contributed by atoms with Crippen molar-refractivity contribution in [2.24, 2.45) is 11.8 Å². The average molecular weight is 258 g/mol. The summed E-state index contributed by atoms with van der Waals surface area (Å²) in [5.41, 5.74) is 2.80. The largest absolute Gasteiger partial charge is 0.381 e. The summed E-state index contributed by atoms with van der Waals surface area (Å²) in [6, 6.07) is 8.77. The molecule has 0 aliphatic carbocycles. The molecule has 0 heterocycles. The van der Waals surface area contributed by atoms with Gasteiger partial charge in [0.15, 0.2) is 0 Å². The normalized spacial score (nSPS) is 11.1. The standard InChI is InChI=1S/C17H26N2/c1-12(2)9-15(10-13(3)4)19-17-8-6-7-14(5)16(17)11-18/h6-8,12-13,15,19H,9-10H2,1-5H3. The molecule has 104 valence electrons. The second-order valence-electron chi connectivity index (χ2n) is 6.21. The highest BCUT2D eigenvalue weighted by molar-refractivity contribution is 5.61. The van der Waals surface area contributed by atoms with Crippen molar-refractivity contribution in [2.75, 3.05) is 5.32 Å². The first-order chi connectivity index (χ1) is 8.93. The number of nitrogens with one attached hydrogen (secondary N) is 1. The van der Waals surface area contributed by atoms with Gasteiger partial charge in [-0.3, -0.25) is 0 Å². The summed E-state index contributed by atoms with van der Waals surface area (Å²) in [6.07, 6.45) is 2.27. The molecule has 19 heavy (non-hydrogen) atoms. The molecule has 0 radical (unpaired) electrons. The lowest BCUT2D eigenvalue weighted by Crippen LogP contribution is -2.24. The third-order valence-corrected chi connectivity index (χ3v) is 3.26. The Morgan fingerprint density at radius 1 is 1.11 bits per heavy atom. The zero-order valence-corrected chi connectivity index (χ0v) is 12.8. The number of nitriles is 1. The second-order valence-corrected chi connectivity index (χ2v) is 6.21. The van der Waals surface area contributed by atoms with E-state index in [9.17, 15) is 5.26 Å². The topological polar surface area (TPSA) is 35.8 Å². The fourth-order valence-electron chi connectivity index (χ4n) is 2.51. The summed E-state index contributed by atoms with van der Waals surface area (Å²) in [6.45, 7) is 11.0. The minimum Gasteiger partial charge on any atom is -0.381 e. The highest BCUT2D eigenvalue weighted by Crippen LogP contribution is 2.23. The third kappa shape index (κ3) is 4.95. The minimum atomic E-state index is 0.439. The lowest BCUT2D eigenvalue weighted by Gasteiger charge is -2.24. The Hall–Kier alpha value is -1.49. The second kappa shape index (κ2) is 7.19. The molecule has 2 heteroatoms. The molecule has 0 amide bonds. The number of hydrogen-bond acceptors (Lipinski definition) is 2. The van der Waals surface area contributed by atoms with Crippen molar-refractivity contribution in [3.63, 3.8) is 0 Å². The van der Waals surface area contributed by atoms with E-state index in [0.29, 0.717) is 17.9 Å². The Balaban J connectivity index is 2.90. The summed E-state index contributed by atoms with van der Waals surface area (Å²) < 4.78 is 0. The van der Waals surface area contributed by atoms with Crippen LogP contribution in [-0.2, 0) is 0 Å². The number of hydrogen-bond donors (Lipinski definition) is 1. The Morgan fingerprint density at radius 2 is 1.68 bits per heavy atom. The smallest absolute Gasteiger partial charge is 0.102 e. The summed E-state index contributed by atoms with van der Waals surface area (Å²) in [5.74, 6) is 1.32. The van der Waals surface area contributed by atoms with Crippen LogP contribution in [0.3, 0.4) is 0 Å². The maximum atomic E-state index is 9.29. The SMILES string of the molecule is Cc1cccc(NC(CC(C)C)CC(C)C)c1C#N. The highest BCUT2D eigenvalue weighted by Gasteiger charge is 2.15. The van der Waals surface area contributed by atoms with Gasteiger partial charge in [-0.1, -0.05) is 39.8 Å². The molecule has 0 saturated heterocycles. The quantitative estimate of drug-likeness (QED) is 0.800. The number of aryl methyl sites for hydroxylation is 1. The molecule has 0 fully saturated rings. The van der Waals surface area contributed by atoms with Gasteiger partial charge in [0, 0.05) is 6.04 Å². The van der Waals surface area contributed by atoms with E-state index in [4.69, 9.17) is 0 Å². The van der Waals surface area contributed by atoms with E-state index >= 15 is 0 Å². The van der Waals surface area contributed by atoms with E-state index in [1.807, 2.05) is 25.1 Å². The average Bonchev–Trinajstić information content (AvgIpc) is 2.27. The first kappa shape index (κ1) is 15.6. The first-order valence-corrected chi connectivity index (χ1v) is 7.20. The zero-order chi connectivity index (χ0) is 14.4. The van der Waals surface area contributed by atoms with Gasteiger partial charge in [-0.25, -0.2) is 0 Å². The van der Waals surface area contributed by atoms with Gasteiger partial charge >= 0.3 is 0 Å². The fourth-order valence-corrected chi connectivity index (χ4v) is 2.51. The fraction of sp³-hybridized carbons (Fsp3) is 0.588. The summed E-state index contributed by atoms with van der Waals surface area (Å²) in [7, 11) is 0. The van der Waals surface area contributed by atoms with Gasteiger partial charge in [0.25, 0.3) is 0 Å². The molecule has 0 aromatic heterocycles. The summed E-state index contributed by atoms with van der Waals surface area (Å²) >= 11 is 0. The van der Waals surface area contributed by atoms with Gasteiger partial charge in [-0.15, -0.1) is 0 Å². The van der Waals surface area contributed by atoms with Crippen LogP contribution >= 0.6 is 0 Å². The predicted molar refractivity (Wildman–Crippen MR) is 82.2 cm³/mol. The van der Waals surface area contributed by atoms with Crippen molar-refractivity contribution in [1.29, 1.82) is 5.26 Å². The molecule has 0 saturated carbocycles. The van der Waals surface area contributed by atoms with Crippen molar-refractivity contribution in [2.45, 2.75) is 53.5 Å². The predicted octanol–water partition coefficient (Wildman–Crippen LogP) is 4.74. The third-order valence-electron chi connectivity index (χ3n) is 3.26. The minimum absolute atomic E-state index is 0.439. The van der Waals surface area contributed by atoms with Crippen molar-refractivity contribution in [1.82, 2.24) is 0 Å². The number of nitrogens with zero attached hydrogens (tertiary/aromatic N) is 1. The van der Waals surface area contributed by atoms with Gasteiger partial charge in [0.1, 0.15) is 6.07 Å². The number of benzene rings is 1. The molecule has 2 nitrogen and oxygen atoms in total. The molecule has 0 unspecified atom stereocenters. The van der Waals surface area contributed by atoms with E-state index in [1.54, 1.807) is 0 Å². The van der Waals surface area contributed by atoms with Crippen LogP contribution in [-0.4, -0.2) is 6.04 Å². The van der Waals surface area contributed by atoms with Gasteiger partial charge < -0.3 is 5.32 Å². The lowest BCUT2D eigenvalue weighted by molar-refractivity contribution is 0.442.